The summed E-state index contributed by atoms with van der Waals surface area (Å²) in [6.07, 6.45) is 0.780. The van der Waals surface area contributed by atoms with E-state index in [0.717, 1.165) is 17.8 Å². The molecule has 0 saturated carbocycles. The molecule has 11 heavy (non-hydrogen) atoms. The average Bonchev–Trinajstić information content (AvgIpc) is 1.98. The van der Waals surface area contributed by atoms with Crippen LogP contribution < -0.4 is 5.73 Å². The second-order valence-electron chi connectivity index (χ2n) is 2.43. The first-order valence-corrected chi connectivity index (χ1v) is 3.61. The molecule has 4 heteroatoms. The van der Waals surface area contributed by atoms with E-state index >= 15 is 0 Å². The van der Waals surface area contributed by atoms with Crippen LogP contribution in [0.1, 0.15) is 17.2 Å². The summed E-state index contributed by atoms with van der Waals surface area (Å²) in [4.78, 5) is 4.21. The summed E-state index contributed by atoms with van der Waals surface area (Å²) in [5.41, 5.74) is 7.23. The van der Waals surface area contributed by atoms with Gasteiger partial charge in [-0.25, -0.2) is 4.98 Å². The standard InChI is InChI=1S/C7H12N4/c1-5-7(3-4-8)9-6(2)11-10-5/h3-4,8H2,1-2H3. The Labute approximate surface area is 65.9 Å². The lowest BCUT2D eigenvalue weighted by Gasteiger charge is -2.00. The number of aromatic nitrogens is 3. The van der Waals surface area contributed by atoms with Gasteiger partial charge >= 0.3 is 0 Å². The highest BCUT2D eigenvalue weighted by molar-refractivity contribution is 5.08. The molecule has 1 heterocycles. The van der Waals surface area contributed by atoms with E-state index in [1.807, 2.05) is 13.8 Å². The fraction of sp³-hybridized carbons (Fsp3) is 0.571. The Hall–Kier alpha value is -1.03. The zero-order valence-corrected chi connectivity index (χ0v) is 6.83. The fourth-order valence-corrected chi connectivity index (χ4v) is 0.877. The van der Waals surface area contributed by atoms with Gasteiger partial charge in [0.15, 0.2) is 0 Å². The van der Waals surface area contributed by atoms with E-state index in [-0.39, 0.29) is 0 Å². The second-order valence-corrected chi connectivity index (χ2v) is 2.43. The van der Waals surface area contributed by atoms with Gasteiger partial charge in [-0.1, -0.05) is 0 Å². The SMILES string of the molecule is Cc1nnc(C)c(CCN)n1. The molecule has 0 spiro atoms. The Bertz CT molecular complexity index is 246. The molecule has 1 aromatic heterocycles. The Kier molecular flexibility index (Phi) is 2.48. The quantitative estimate of drug-likeness (QED) is 0.647. The minimum atomic E-state index is 0.610. The molecule has 4 nitrogen and oxygen atoms in total. The summed E-state index contributed by atoms with van der Waals surface area (Å²) in [7, 11) is 0. The van der Waals surface area contributed by atoms with Gasteiger partial charge in [0.2, 0.25) is 0 Å². The van der Waals surface area contributed by atoms with Crippen LogP contribution in [0.2, 0.25) is 0 Å². The van der Waals surface area contributed by atoms with E-state index in [1.54, 1.807) is 0 Å². The molecule has 0 amide bonds. The van der Waals surface area contributed by atoms with Crippen LogP contribution in [0.4, 0.5) is 0 Å². The molecule has 0 aliphatic carbocycles. The summed E-state index contributed by atoms with van der Waals surface area (Å²) < 4.78 is 0. The van der Waals surface area contributed by atoms with E-state index in [0.29, 0.717) is 12.4 Å². The highest BCUT2D eigenvalue weighted by atomic mass is 15.2. The summed E-state index contributed by atoms with van der Waals surface area (Å²) in [5, 5.41) is 7.75. The minimum Gasteiger partial charge on any atom is -0.330 e. The number of nitrogens with two attached hydrogens (primary N) is 1. The number of hydrogen-bond acceptors (Lipinski definition) is 4. The van der Waals surface area contributed by atoms with E-state index in [9.17, 15) is 0 Å². The maximum Gasteiger partial charge on any atom is 0.148 e. The molecule has 0 fully saturated rings. The third kappa shape index (κ3) is 1.94. The van der Waals surface area contributed by atoms with Gasteiger partial charge in [0, 0.05) is 6.42 Å². The summed E-state index contributed by atoms with van der Waals surface area (Å²) in [6.45, 7) is 4.33. The van der Waals surface area contributed by atoms with E-state index in [1.165, 1.54) is 0 Å². The first-order chi connectivity index (χ1) is 5.24. The van der Waals surface area contributed by atoms with Crippen molar-refractivity contribution in [3.05, 3.63) is 17.2 Å². The Morgan fingerprint density at radius 2 is 2.00 bits per heavy atom. The van der Waals surface area contributed by atoms with E-state index in [2.05, 4.69) is 15.2 Å². The summed E-state index contributed by atoms with van der Waals surface area (Å²) in [6, 6.07) is 0. The van der Waals surface area contributed by atoms with E-state index < -0.39 is 0 Å². The van der Waals surface area contributed by atoms with Gasteiger partial charge in [-0.15, -0.1) is 5.10 Å². The number of aryl methyl sites for hydroxylation is 2. The van der Waals surface area contributed by atoms with Crippen LogP contribution in [0.3, 0.4) is 0 Å². The van der Waals surface area contributed by atoms with Gasteiger partial charge in [0.25, 0.3) is 0 Å². The van der Waals surface area contributed by atoms with Gasteiger partial charge in [-0.2, -0.15) is 5.10 Å². The van der Waals surface area contributed by atoms with Crippen molar-refractivity contribution in [3.63, 3.8) is 0 Å². The van der Waals surface area contributed by atoms with Crippen molar-refractivity contribution in [1.82, 2.24) is 15.2 Å². The Morgan fingerprint density at radius 3 is 2.64 bits per heavy atom. The highest BCUT2D eigenvalue weighted by Crippen LogP contribution is 1.99. The molecular weight excluding hydrogens is 140 g/mol. The molecule has 0 atom stereocenters. The molecule has 0 aromatic carbocycles. The molecule has 0 bridgehead atoms. The average molecular weight is 152 g/mol. The first-order valence-electron chi connectivity index (χ1n) is 3.61. The van der Waals surface area contributed by atoms with Crippen LogP contribution >= 0.6 is 0 Å². The van der Waals surface area contributed by atoms with Crippen molar-refractivity contribution in [3.8, 4) is 0 Å². The molecule has 60 valence electrons. The van der Waals surface area contributed by atoms with Crippen molar-refractivity contribution >= 4 is 0 Å². The van der Waals surface area contributed by atoms with Gasteiger partial charge in [0.1, 0.15) is 5.82 Å². The van der Waals surface area contributed by atoms with Crippen molar-refractivity contribution in [2.24, 2.45) is 5.73 Å². The maximum atomic E-state index is 5.39. The molecule has 1 rings (SSSR count). The molecule has 0 aliphatic heterocycles. The first kappa shape index (κ1) is 8.07. The lowest BCUT2D eigenvalue weighted by atomic mass is 10.2. The molecule has 0 saturated heterocycles. The maximum absolute atomic E-state index is 5.39. The Balaban J connectivity index is 2.93. The van der Waals surface area contributed by atoms with Crippen LogP contribution in [-0.2, 0) is 6.42 Å². The molecule has 0 unspecified atom stereocenters. The van der Waals surface area contributed by atoms with Gasteiger partial charge in [-0.3, -0.25) is 0 Å². The second kappa shape index (κ2) is 3.39. The van der Waals surface area contributed by atoms with Crippen molar-refractivity contribution in [2.45, 2.75) is 20.3 Å². The van der Waals surface area contributed by atoms with Crippen LogP contribution in [0.25, 0.3) is 0 Å². The van der Waals surface area contributed by atoms with Crippen LogP contribution in [0.15, 0.2) is 0 Å². The minimum absolute atomic E-state index is 0.610. The van der Waals surface area contributed by atoms with Crippen LogP contribution in [0, 0.1) is 13.8 Å². The van der Waals surface area contributed by atoms with Gasteiger partial charge in [-0.05, 0) is 20.4 Å². The normalized spacial score (nSPS) is 10.1. The Morgan fingerprint density at radius 1 is 1.27 bits per heavy atom. The molecule has 0 radical (unpaired) electrons. The third-order valence-electron chi connectivity index (χ3n) is 1.44. The lowest BCUT2D eigenvalue weighted by molar-refractivity contribution is 0.799. The van der Waals surface area contributed by atoms with E-state index in [4.69, 9.17) is 5.73 Å². The number of hydrogen-bond donors (Lipinski definition) is 1. The molecule has 2 N–H and O–H groups in total. The van der Waals surface area contributed by atoms with Gasteiger partial charge in [0.05, 0.1) is 11.4 Å². The number of nitrogens with zero attached hydrogens (tertiary/aromatic N) is 3. The summed E-state index contributed by atoms with van der Waals surface area (Å²) >= 11 is 0. The van der Waals surface area contributed by atoms with Crippen molar-refractivity contribution in [2.75, 3.05) is 6.54 Å². The highest BCUT2D eigenvalue weighted by Gasteiger charge is 2.00. The van der Waals surface area contributed by atoms with Gasteiger partial charge < -0.3 is 5.73 Å². The zero-order chi connectivity index (χ0) is 8.27. The predicted octanol–water partition coefficient (Wildman–Crippen LogP) is -0.0104. The third-order valence-corrected chi connectivity index (χ3v) is 1.44. The van der Waals surface area contributed by atoms with Crippen LogP contribution in [-0.4, -0.2) is 21.7 Å². The van der Waals surface area contributed by atoms with Crippen LogP contribution in [0.5, 0.6) is 0 Å². The van der Waals surface area contributed by atoms with Crippen molar-refractivity contribution in [1.29, 1.82) is 0 Å². The topological polar surface area (TPSA) is 64.7 Å². The molecule has 0 aliphatic rings. The van der Waals surface area contributed by atoms with Crippen molar-refractivity contribution < 1.29 is 0 Å². The smallest absolute Gasteiger partial charge is 0.148 e. The molecule has 1 aromatic rings. The number of rotatable bonds is 2. The lowest BCUT2D eigenvalue weighted by Crippen LogP contribution is -2.09. The zero-order valence-electron chi connectivity index (χ0n) is 6.83. The largest absolute Gasteiger partial charge is 0.330 e. The predicted molar refractivity (Wildman–Crippen MR) is 42.1 cm³/mol. The molecular formula is C7H12N4. The monoisotopic (exact) mass is 152 g/mol. The fourth-order valence-electron chi connectivity index (χ4n) is 0.877. The summed E-state index contributed by atoms with van der Waals surface area (Å²) in [5.74, 6) is 0.707.